The highest BCUT2D eigenvalue weighted by molar-refractivity contribution is 5.97. The lowest BCUT2D eigenvalue weighted by molar-refractivity contribution is 1.10. The third kappa shape index (κ3) is 2.86. The number of H-pyrrole nitrogens is 2. The molecule has 0 bridgehead atoms. The fourth-order valence-electron chi connectivity index (χ4n) is 3.88. The molecule has 1 aromatic carbocycles. The number of aryl methyl sites for hydroxylation is 1. The molecule has 0 amide bonds. The van der Waals surface area contributed by atoms with Crippen molar-refractivity contribution in [2.75, 3.05) is 0 Å². The van der Waals surface area contributed by atoms with Crippen molar-refractivity contribution >= 4 is 21.9 Å². The fourth-order valence-corrected chi connectivity index (χ4v) is 3.88. The molecule has 6 rings (SSSR count). The van der Waals surface area contributed by atoms with Crippen LogP contribution in [0.1, 0.15) is 5.56 Å². The van der Waals surface area contributed by atoms with Crippen molar-refractivity contribution in [3.05, 3.63) is 79.0 Å². The van der Waals surface area contributed by atoms with Crippen LogP contribution in [0.5, 0.6) is 0 Å². The van der Waals surface area contributed by atoms with Crippen molar-refractivity contribution in [3.63, 3.8) is 0 Å². The standard InChI is InChI=1S/C24H17N7/c1-14-7-9-26-12-18(14)20-10-17-21(13-27-20)30-31-23(17)24-28-19-6-2-5-16(22(19)29-24)15-4-3-8-25-11-15/h2-13H,1H3,(H,28,29)(H,30,31). The van der Waals surface area contributed by atoms with Gasteiger partial charge < -0.3 is 4.98 Å². The summed E-state index contributed by atoms with van der Waals surface area (Å²) in [5, 5.41) is 8.56. The van der Waals surface area contributed by atoms with Crippen molar-refractivity contribution < 1.29 is 0 Å². The van der Waals surface area contributed by atoms with Gasteiger partial charge in [0.2, 0.25) is 0 Å². The van der Waals surface area contributed by atoms with Crippen LogP contribution in [-0.4, -0.2) is 35.1 Å². The summed E-state index contributed by atoms with van der Waals surface area (Å²) in [5.74, 6) is 0.706. The first kappa shape index (κ1) is 17.5. The molecule has 0 aliphatic rings. The van der Waals surface area contributed by atoms with Crippen LogP contribution in [-0.2, 0) is 0 Å². The zero-order chi connectivity index (χ0) is 20.8. The van der Waals surface area contributed by atoms with Crippen LogP contribution in [0.4, 0.5) is 0 Å². The highest BCUT2D eigenvalue weighted by atomic mass is 15.1. The monoisotopic (exact) mass is 403 g/mol. The third-order valence-electron chi connectivity index (χ3n) is 5.47. The lowest BCUT2D eigenvalue weighted by Gasteiger charge is -2.04. The van der Waals surface area contributed by atoms with E-state index in [9.17, 15) is 0 Å². The smallest absolute Gasteiger partial charge is 0.159 e. The molecular formula is C24H17N7. The summed E-state index contributed by atoms with van der Waals surface area (Å²) in [7, 11) is 0. The molecule has 0 fully saturated rings. The minimum absolute atomic E-state index is 0.706. The van der Waals surface area contributed by atoms with Crippen LogP contribution in [0.15, 0.2) is 73.4 Å². The lowest BCUT2D eigenvalue weighted by atomic mass is 10.1. The molecule has 0 aliphatic carbocycles. The van der Waals surface area contributed by atoms with E-state index in [-0.39, 0.29) is 0 Å². The SMILES string of the molecule is Cc1ccncc1-c1cc2c(-c3nc4c(-c5cccnc5)cccc4[nH]3)n[nH]c2cn1. The number of benzene rings is 1. The van der Waals surface area contributed by atoms with Gasteiger partial charge in [0, 0.05) is 46.9 Å². The van der Waals surface area contributed by atoms with E-state index >= 15 is 0 Å². The van der Waals surface area contributed by atoms with E-state index in [1.165, 1.54) is 0 Å². The Hall–Kier alpha value is -4.39. The number of pyridine rings is 3. The normalized spacial score (nSPS) is 11.4. The molecule has 2 N–H and O–H groups in total. The van der Waals surface area contributed by atoms with Gasteiger partial charge in [0.05, 0.1) is 28.4 Å². The van der Waals surface area contributed by atoms with Crippen molar-refractivity contribution in [2.45, 2.75) is 6.92 Å². The Labute approximate surface area is 177 Å². The number of aromatic amines is 2. The molecule has 5 aromatic heterocycles. The maximum Gasteiger partial charge on any atom is 0.159 e. The molecule has 0 aliphatic heterocycles. The quantitative estimate of drug-likeness (QED) is 0.437. The first-order valence-electron chi connectivity index (χ1n) is 9.92. The average Bonchev–Trinajstić information content (AvgIpc) is 3.43. The number of imidazole rings is 1. The second kappa shape index (κ2) is 6.84. The van der Waals surface area contributed by atoms with E-state index in [0.717, 1.165) is 55.6 Å². The Morgan fingerprint density at radius 3 is 2.65 bits per heavy atom. The van der Waals surface area contributed by atoms with Crippen LogP contribution in [0.2, 0.25) is 0 Å². The van der Waals surface area contributed by atoms with Crippen LogP contribution in [0.3, 0.4) is 0 Å². The third-order valence-corrected chi connectivity index (χ3v) is 5.47. The molecule has 0 radical (unpaired) electrons. The second-order valence-corrected chi connectivity index (χ2v) is 7.41. The minimum atomic E-state index is 0.706. The summed E-state index contributed by atoms with van der Waals surface area (Å²) in [6, 6.07) is 14.1. The van der Waals surface area contributed by atoms with E-state index < -0.39 is 0 Å². The Kier molecular flexibility index (Phi) is 3.86. The molecule has 7 heteroatoms. The highest BCUT2D eigenvalue weighted by Gasteiger charge is 2.16. The predicted molar refractivity (Wildman–Crippen MR) is 120 cm³/mol. The summed E-state index contributed by atoms with van der Waals surface area (Å²) in [4.78, 5) is 21.4. The summed E-state index contributed by atoms with van der Waals surface area (Å²) in [6.45, 7) is 2.05. The Bertz CT molecular complexity index is 1550. The Morgan fingerprint density at radius 2 is 1.77 bits per heavy atom. The fraction of sp³-hybridized carbons (Fsp3) is 0.0417. The largest absolute Gasteiger partial charge is 0.337 e. The first-order valence-corrected chi connectivity index (χ1v) is 9.92. The van der Waals surface area contributed by atoms with Gasteiger partial charge in [0.25, 0.3) is 0 Å². The van der Waals surface area contributed by atoms with Gasteiger partial charge in [0.15, 0.2) is 5.82 Å². The zero-order valence-corrected chi connectivity index (χ0v) is 16.7. The first-order chi connectivity index (χ1) is 15.3. The number of nitrogens with one attached hydrogen (secondary N) is 2. The summed E-state index contributed by atoms with van der Waals surface area (Å²) in [6.07, 6.45) is 9.04. The summed E-state index contributed by atoms with van der Waals surface area (Å²) >= 11 is 0. The molecule has 0 unspecified atom stereocenters. The molecule has 5 heterocycles. The van der Waals surface area contributed by atoms with Gasteiger partial charge in [-0.3, -0.25) is 20.1 Å². The van der Waals surface area contributed by atoms with Gasteiger partial charge in [-0.2, -0.15) is 5.10 Å². The lowest BCUT2D eigenvalue weighted by Crippen LogP contribution is -1.89. The highest BCUT2D eigenvalue weighted by Crippen LogP contribution is 2.32. The van der Waals surface area contributed by atoms with E-state index in [1.54, 1.807) is 18.6 Å². The van der Waals surface area contributed by atoms with E-state index in [1.807, 2.05) is 48.8 Å². The maximum atomic E-state index is 4.90. The van der Waals surface area contributed by atoms with Gasteiger partial charge in [0.1, 0.15) is 5.69 Å². The molecule has 0 saturated heterocycles. The number of hydrogen-bond donors (Lipinski definition) is 2. The molecule has 0 atom stereocenters. The second-order valence-electron chi connectivity index (χ2n) is 7.41. The van der Waals surface area contributed by atoms with Crippen LogP contribution in [0, 0.1) is 6.92 Å². The van der Waals surface area contributed by atoms with Crippen LogP contribution < -0.4 is 0 Å². The summed E-state index contributed by atoms with van der Waals surface area (Å²) < 4.78 is 0. The Balaban J connectivity index is 1.52. The summed E-state index contributed by atoms with van der Waals surface area (Å²) in [5.41, 5.74) is 8.48. The van der Waals surface area contributed by atoms with Gasteiger partial charge in [-0.05, 0) is 36.8 Å². The maximum absolute atomic E-state index is 4.90. The van der Waals surface area contributed by atoms with E-state index in [2.05, 4.69) is 43.1 Å². The van der Waals surface area contributed by atoms with Crippen molar-refractivity contribution in [1.29, 1.82) is 0 Å². The van der Waals surface area contributed by atoms with Crippen molar-refractivity contribution in [3.8, 4) is 33.9 Å². The van der Waals surface area contributed by atoms with Crippen molar-refractivity contribution in [2.24, 2.45) is 0 Å². The topological polar surface area (TPSA) is 96.0 Å². The minimum Gasteiger partial charge on any atom is -0.337 e. The molecule has 6 aromatic rings. The number of para-hydroxylation sites is 1. The number of hydrogen-bond acceptors (Lipinski definition) is 5. The number of nitrogens with zero attached hydrogens (tertiary/aromatic N) is 5. The van der Waals surface area contributed by atoms with Gasteiger partial charge in [-0.25, -0.2) is 4.98 Å². The van der Waals surface area contributed by atoms with E-state index in [4.69, 9.17) is 4.98 Å². The zero-order valence-electron chi connectivity index (χ0n) is 16.7. The molecule has 7 nitrogen and oxygen atoms in total. The number of aromatic nitrogens is 7. The number of fused-ring (bicyclic) bond motifs is 2. The number of rotatable bonds is 3. The average molecular weight is 403 g/mol. The van der Waals surface area contributed by atoms with Gasteiger partial charge in [-0.15, -0.1) is 0 Å². The Morgan fingerprint density at radius 1 is 0.839 bits per heavy atom. The van der Waals surface area contributed by atoms with E-state index in [0.29, 0.717) is 5.82 Å². The van der Waals surface area contributed by atoms with Gasteiger partial charge >= 0.3 is 0 Å². The van der Waals surface area contributed by atoms with Crippen LogP contribution in [0.25, 0.3) is 55.8 Å². The van der Waals surface area contributed by atoms with Gasteiger partial charge in [-0.1, -0.05) is 18.2 Å². The van der Waals surface area contributed by atoms with Crippen molar-refractivity contribution in [1.82, 2.24) is 35.1 Å². The molecule has 148 valence electrons. The molecule has 0 saturated carbocycles. The predicted octanol–water partition coefficient (Wildman–Crippen LogP) is 4.93. The molecular weight excluding hydrogens is 386 g/mol. The molecule has 0 spiro atoms. The molecule has 31 heavy (non-hydrogen) atoms. The van der Waals surface area contributed by atoms with Crippen LogP contribution >= 0.6 is 0 Å².